The van der Waals surface area contributed by atoms with E-state index in [-0.39, 0.29) is 11.9 Å². The number of hydrogen-bond acceptors (Lipinski definition) is 2. The maximum Gasteiger partial charge on any atom is 0.416 e. The molecule has 0 bridgehead atoms. The highest BCUT2D eigenvalue weighted by Gasteiger charge is 2.33. The number of amides is 2. The van der Waals surface area contributed by atoms with Gasteiger partial charge in [-0.15, -0.1) is 0 Å². The Morgan fingerprint density at radius 3 is 2.58 bits per heavy atom. The van der Waals surface area contributed by atoms with Crippen LogP contribution < -0.4 is 0 Å². The Labute approximate surface area is 151 Å². The van der Waals surface area contributed by atoms with Crippen molar-refractivity contribution < 1.29 is 22.7 Å². The third-order valence-electron chi connectivity index (χ3n) is 5.22. The van der Waals surface area contributed by atoms with Crippen LogP contribution in [0.4, 0.5) is 18.0 Å². The van der Waals surface area contributed by atoms with Crippen molar-refractivity contribution in [2.45, 2.75) is 31.9 Å². The minimum absolute atomic E-state index is 0.0358. The number of morpholine rings is 1. The van der Waals surface area contributed by atoms with E-state index < -0.39 is 11.7 Å². The molecule has 2 heterocycles. The Morgan fingerprint density at radius 1 is 1.12 bits per heavy atom. The predicted octanol–water partition coefficient (Wildman–Crippen LogP) is 3.80. The van der Waals surface area contributed by atoms with Crippen molar-refractivity contribution in [1.29, 1.82) is 0 Å². The van der Waals surface area contributed by atoms with E-state index in [2.05, 4.69) is 0 Å². The molecule has 1 unspecified atom stereocenters. The first kappa shape index (κ1) is 19.0. The second kappa shape index (κ2) is 8.29. The van der Waals surface area contributed by atoms with E-state index in [1.807, 2.05) is 9.80 Å². The first-order chi connectivity index (χ1) is 12.4. The maximum atomic E-state index is 13.1. The Morgan fingerprint density at radius 2 is 1.85 bits per heavy atom. The number of nitrogens with zero attached hydrogens (tertiary/aromatic N) is 2. The summed E-state index contributed by atoms with van der Waals surface area (Å²) in [5.41, 5.74) is -0.200. The third-order valence-corrected chi connectivity index (χ3v) is 5.22. The summed E-state index contributed by atoms with van der Waals surface area (Å²) in [6.45, 7) is 3.71. The third kappa shape index (κ3) is 4.69. The minimum Gasteiger partial charge on any atom is -0.378 e. The number of piperidine rings is 1. The van der Waals surface area contributed by atoms with Crippen LogP contribution >= 0.6 is 0 Å². The highest BCUT2D eigenvalue weighted by Crippen LogP contribution is 2.33. The smallest absolute Gasteiger partial charge is 0.378 e. The first-order valence-corrected chi connectivity index (χ1v) is 9.22. The van der Waals surface area contributed by atoms with Gasteiger partial charge in [-0.3, -0.25) is 0 Å². The number of likely N-dealkylation sites (tertiary alicyclic amines) is 1. The highest BCUT2D eigenvalue weighted by molar-refractivity contribution is 5.74. The van der Waals surface area contributed by atoms with Crippen LogP contribution in [0, 0.1) is 5.92 Å². The summed E-state index contributed by atoms with van der Waals surface area (Å²) in [5.74, 6) is 0.245. The number of halogens is 3. The van der Waals surface area contributed by atoms with Crippen LogP contribution in [0.5, 0.6) is 0 Å². The summed E-state index contributed by atoms with van der Waals surface area (Å²) in [6.07, 6.45) is -1.40. The predicted molar refractivity (Wildman–Crippen MR) is 91.9 cm³/mol. The molecule has 0 aliphatic carbocycles. The van der Waals surface area contributed by atoms with Gasteiger partial charge in [0.2, 0.25) is 0 Å². The molecule has 7 heteroatoms. The molecule has 2 fully saturated rings. The van der Waals surface area contributed by atoms with Gasteiger partial charge in [-0.05, 0) is 43.2 Å². The number of hydrogen-bond donors (Lipinski definition) is 0. The van der Waals surface area contributed by atoms with Gasteiger partial charge >= 0.3 is 12.2 Å². The molecule has 144 valence electrons. The number of ether oxygens (including phenoxy) is 1. The van der Waals surface area contributed by atoms with Crippen LogP contribution in [0.2, 0.25) is 0 Å². The Bertz CT molecular complexity index is 615. The SMILES string of the molecule is O=C(N1CCOCC1)N1CCCC(CCc2ccccc2C(F)(F)F)C1. The second-order valence-electron chi connectivity index (χ2n) is 7.03. The Kier molecular flexibility index (Phi) is 6.06. The van der Waals surface area contributed by atoms with Gasteiger partial charge in [-0.25, -0.2) is 4.79 Å². The molecule has 2 aliphatic rings. The molecule has 0 spiro atoms. The Balaban J connectivity index is 1.57. The van der Waals surface area contributed by atoms with E-state index in [1.165, 1.54) is 6.07 Å². The molecule has 4 nitrogen and oxygen atoms in total. The zero-order chi connectivity index (χ0) is 18.6. The maximum absolute atomic E-state index is 13.1. The molecule has 0 N–H and O–H groups in total. The van der Waals surface area contributed by atoms with Crippen molar-refractivity contribution in [1.82, 2.24) is 9.80 Å². The molecular formula is C19H25F3N2O2. The lowest BCUT2D eigenvalue weighted by atomic mass is 9.90. The van der Waals surface area contributed by atoms with Crippen LogP contribution in [-0.4, -0.2) is 55.2 Å². The molecule has 1 aromatic rings. The van der Waals surface area contributed by atoms with Crippen molar-refractivity contribution >= 4 is 6.03 Å². The van der Waals surface area contributed by atoms with Crippen molar-refractivity contribution in [3.05, 3.63) is 35.4 Å². The summed E-state index contributed by atoms with van der Waals surface area (Å²) >= 11 is 0. The van der Waals surface area contributed by atoms with Crippen molar-refractivity contribution in [2.24, 2.45) is 5.92 Å². The van der Waals surface area contributed by atoms with Gasteiger partial charge in [0.25, 0.3) is 0 Å². The molecule has 26 heavy (non-hydrogen) atoms. The molecule has 2 saturated heterocycles. The quantitative estimate of drug-likeness (QED) is 0.811. The van der Waals surface area contributed by atoms with Crippen LogP contribution in [0.3, 0.4) is 0 Å². The molecule has 1 aromatic carbocycles. The molecule has 0 aromatic heterocycles. The molecule has 2 aliphatic heterocycles. The van der Waals surface area contributed by atoms with Crippen molar-refractivity contribution in [2.75, 3.05) is 39.4 Å². The van der Waals surface area contributed by atoms with E-state index in [4.69, 9.17) is 4.74 Å². The number of urea groups is 1. The van der Waals surface area contributed by atoms with Gasteiger partial charge in [0.05, 0.1) is 18.8 Å². The molecule has 1 atom stereocenters. The van der Waals surface area contributed by atoms with Crippen molar-refractivity contribution in [3.8, 4) is 0 Å². The lowest BCUT2D eigenvalue weighted by Gasteiger charge is -2.37. The van der Waals surface area contributed by atoms with Gasteiger partial charge < -0.3 is 14.5 Å². The van der Waals surface area contributed by atoms with E-state index in [0.717, 1.165) is 25.5 Å². The van der Waals surface area contributed by atoms with Crippen LogP contribution in [0.1, 0.15) is 30.4 Å². The minimum atomic E-state index is -4.32. The number of aryl methyl sites for hydroxylation is 1. The molecule has 0 radical (unpaired) electrons. The van der Waals surface area contributed by atoms with Gasteiger partial charge in [0, 0.05) is 26.2 Å². The summed E-state index contributed by atoms with van der Waals surface area (Å²) in [7, 11) is 0. The first-order valence-electron chi connectivity index (χ1n) is 9.22. The van der Waals surface area contributed by atoms with Crippen LogP contribution in [-0.2, 0) is 17.3 Å². The zero-order valence-electron chi connectivity index (χ0n) is 14.8. The van der Waals surface area contributed by atoms with E-state index in [1.54, 1.807) is 12.1 Å². The lowest BCUT2D eigenvalue weighted by molar-refractivity contribution is -0.138. The fourth-order valence-corrected chi connectivity index (χ4v) is 3.80. The van der Waals surface area contributed by atoms with Crippen LogP contribution in [0.25, 0.3) is 0 Å². The van der Waals surface area contributed by atoms with Gasteiger partial charge in [0.15, 0.2) is 0 Å². The van der Waals surface area contributed by atoms with Crippen LogP contribution in [0.15, 0.2) is 24.3 Å². The molecule has 2 amide bonds. The average molecular weight is 370 g/mol. The number of benzene rings is 1. The largest absolute Gasteiger partial charge is 0.416 e. The number of carbonyl (C=O) groups is 1. The average Bonchev–Trinajstić information content (AvgIpc) is 2.66. The Hall–Kier alpha value is -1.76. The van der Waals surface area contributed by atoms with Gasteiger partial charge in [-0.1, -0.05) is 18.2 Å². The second-order valence-corrected chi connectivity index (χ2v) is 7.03. The topological polar surface area (TPSA) is 32.8 Å². The molecule has 3 rings (SSSR count). The lowest BCUT2D eigenvalue weighted by Crippen LogP contribution is -2.51. The van der Waals surface area contributed by atoms with Crippen molar-refractivity contribution in [3.63, 3.8) is 0 Å². The zero-order valence-corrected chi connectivity index (χ0v) is 14.8. The number of rotatable bonds is 3. The summed E-state index contributed by atoms with van der Waals surface area (Å²) in [5, 5.41) is 0. The highest BCUT2D eigenvalue weighted by atomic mass is 19.4. The molecule has 0 saturated carbocycles. The van der Waals surface area contributed by atoms with E-state index >= 15 is 0 Å². The molecular weight excluding hydrogens is 345 g/mol. The van der Waals surface area contributed by atoms with Gasteiger partial charge in [-0.2, -0.15) is 13.2 Å². The van der Waals surface area contributed by atoms with E-state index in [9.17, 15) is 18.0 Å². The summed E-state index contributed by atoms with van der Waals surface area (Å²) < 4.78 is 44.6. The standard InChI is InChI=1S/C19H25F3N2O2/c20-19(21,22)17-6-2-1-5-16(17)8-7-15-4-3-9-24(14-15)18(25)23-10-12-26-13-11-23/h1-2,5-6,15H,3-4,7-14H2. The fourth-order valence-electron chi connectivity index (χ4n) is 3.80. The van der Waals surface area contributed by atoms with Gasteiger partial charge in [0.1, 0.15) is 0 Å². The summed E-state index contributed by atoms with van der Waals surface area (Å²) in [4.78, 5) is 16.3. The van der Waals surface area contributed by atoms with E-state index in [0.29, 0.717) is 51.3 Å². The number of carbonyl (C=O) groups excluding carboxylic acids is 1. The monoisotopic (exact) mass is 370 g/mol. The normalized spacial score (nSPS) is 21.7. The fraction of sp³-hybridized carbons (Fsp3) is 0.632. The number of alkyl halides is 3. The summed E-state index contributed by atoms with van der Waals surface area (Å²) in [6, 6.07) is 5.82.